The van der Waals surface area contributed by atoms with Crippen molar-refractivity contribution in [3.05, 3.63) is 27.1 Å². The van der Waals surface area contributed by atoms with Crippen LogP contribution < -0.4 is 4.74 Å². The summed E-state index contributed by atoms with van der Waals surface area (Å²) in [4.78, 5) is 11.3. The molecular formula is C9H6FIO2. The van der Waals surface area contributed by atoms with Gasteiger partial charge in [-0.05, 0) is 34.7 Å². The summed E-state index contributed by atoms with van der Waals surface area (Å²) in [6, 6.07) is 3.01. The summed E-state index contributed by atoms with van der Waals surface area (Å²) in [6.45, 7) is 0.281. The first kappa shape index (κ1) is 8.93. The molecule has 0 unspecified atom stereocenters. The van der Waals surface area contributed by atoms with Crippen LogP contribution in [0.1, 0.15) is 16.8 Å². The molecule has 0 N–H and O–H groups in total. The molecule has 0 saturated carbocycles. The first-order valence-corrected chi connectivity index (χ1v) is 4.91. The predicted molar refractivity (Wildman–Crippen MR) is 53.6 cm³/mol. The van der Waals surface area contributed by atoms with Crippen LogP contribution in [-0.4, -0.2) is 12.4 Å². The number of Topliss-reactive ketones (excluding diaryl/α,β-unsaturated/α-hetero) is 1. The topological polar surface area (TPSA) is 26.3 Å². The SMILES string of the molecule is O=C1CCOc2c(F)cc(I)cc21. The molecule has 0 bridgehead atoms. The van der Waals surface area contributed by atoms with Gasteiger partial charge < -0.3 is 4.74 Å². The fourth-order valence-electron chi connectivity index (χ4n) is 1.29. The predicted octanol–water partition coefficient (Wildman–Crippen LogP) is 2.40. The Hall–Kier alpha value is -0.650. The number of carbonyl (C=O) groups is 1. The lowest BCUT2D eigenvalue weighted by molar-refractivity contribution is 0.0929. The van der Waals surface area contributed by atoms with Gasteiger partial charge in [0.15, 0.2) is 17.3 Å². The summed E-state index contributed by atoms with van der Waals surface area (Å²) in [5, 5.41) is 0. The summed E-state index contributed by atoms with van der Waals surface area (Å²) < 4.78 is 19.0. The summed E-state index contributed by atoms with van der Waals surface area (Å²) in [7, 11) is 0. The highest BCUT2D eigenvalue weighted by Gasteiger charge is 2.22. The lowest BCUT2D eigenvalue weighted by atomic mass is 10.1. The van der Waals surface area contributed by atoms with Crippen LogP contribution in [-0.2, 0) is 0 Å². The highest BCUT2D eigenvalue weighted by molar-refractivity contribution is 14.1. The van der Waals surface area contributed by atoms with E-state index in [0.29, 0.717) is 15.6 Å². The molecule has 2 nitrogen and oxygen atoms in total. The second kappa shape index (κ2) is 3.25. The first-order valence-electron chi connectivity index (χ1n) is 3.83. The quantitative estimate of drug-likeness (QED) is 0.686. The number of ketones is 1. The van der Waals surface area contributed by atoms with Gasteiger partial charge in [-0.2, -0.15) is 0 Å². The largest absolute Gasteiger partial charge is 0.489 e. The van der Waals surface area contributed by atoms with Crippen molar-refractivity contribution in [2.45, 2.75) is 6.42 Å². The van der Waals surface area contributed by atoms with E-state index < -0.39 is 5.82 Å². The molecule has 1 aliphatic rings. The first-order chi connectivity index (χ1) is 6.18. The average molecular weight is 292 g/mol. The molecular weight excluding hydrogens is 286 g/mol. The van der Waals surface area contributed by atoms with Crippen molar-refractivity contribution < 1.29 is 13.9 Å². The van der Waals surface area contributed by atoms with Gasteiger partial charge in [-0.25, -0.2) is 4.39 Å². The lowest BCUT2D eigenvalue weighted by Crippen LogP contribution is -2.16. The van der Waals surface area contributed by atoms with E-state index in [9.17, 15) is 9.18 Å². The van der Waals surface area contributed by atoms with Crippen LogP contribution >= 0.6 is 22.6 Å². The van der Waals surface area contributed by atoms with E-state index in [1.54, 1.807) is 6.07 Å². The van der Waals surface area contributed by atoms with Gasteiger partial charge in [0.1, 0.15) is 0 Å². The molecule has 0 saturated heterocycles. The van der Waals surface area contributed by atoms with Crippen molar-refractivity contribution in [3.8, 4) is 5.75 Å². The number of hydrogen-bond donors (Lipinski definition) is 0. The van der Waals surface area contributed by atoms with E-state index in [0.717, 1.165) is 0 Å². The Morgan fingerprint density at radius 2 is 2.23 bits per heavy atom. The Labute approximate surface area is 88.2 Å². The number of carbonyl (C=O) groups excluding carboxylic acids is 1. The number of ether oxygens (including phenoxy) is 1. The van der Waals surface area contributed by atoms with Crippen LogP contribution in [0.2, 0.25) is 0 Å². The Kier molecular flexibility index (Phi) is 2.23. The molecule has 0 amide bonds. The number of rotatable bonds is 0. The Morgan fingerprint density at radius 1 is 1.46 bits per heavy atom. The van der Waals surface area contributed by atoms with Gasteiger partial charge in [-0.15, -0.1) is 0 Å². The third kappa shape index (κ3) is 1.54. The van der Waals surface area contributed by atoms with Crippen molar-refractivity contribution >= 4 is 28.4 Å². The number of hydrogen-bond acceptors (Lipinski definition) is 2. The molecule has 13 heavy (non-hydrogen) atoms. The van der Waals surface area contributed by atoms with Crippen LogP contribution in [0, 0.1) is 9.39 Å². The maximum absolute atomic E-state index is 13.2. The molecule has 4 heteroatoms. The lowest BCUT2D eigenvalue weighted by Gasteiger charge is -2.16. The summed E-state index contributed by atoms with van der Waals surface area (Å²) >= 11 is 1.97. The second-order valence-corrected chi connectivity index (χ2v) is 4.03. The maximum atomic E-state index is 13.2. The van der Waals surface area contributed by atoms with Gasteiger partial charge in [0, 0.05) is 9.99 Å². The molecule has 0 atom stereocenters. The van der Waals surface area contributed by atoms with Crippen molar-refractivity contribution in [1.29, 1.82) is 0 Å². The highest BCUT2D eigenvalue weighted by atomic mass is 127. The highest BCUT2D eigenvalue weighted by Crippen LogP contribution is 2.29. The van der Waals surface area contributed by atoms with E-state index in [-0.39, 0.29) is 18.1 Å². The van der Waals surface area contributed by atoms with Crippen molar-refractivity contribution in [1.82, 2.24) is 0 Å². The zero-order chi connectivity index (χ0) is 9.42. The van der Waals surface area contributed by atoms with Gasteiger partial charge in [0.25, 0.3) is 0 Å². The second-order valence-electron chi connectivity index (χ2n) is 2.79. The van der Waals surface area contributed by atoms with Crippen LogP contribution in [0.4, 0.5) is 4.39 Å². The minimum atomic E-state index is -0.449. The van der Waals surface area contributed by atoms with Crippen LogP contribution in [0.5, 0.6) is 5.75 Å². The third-order valence-electron chi connectivity index (χ3n) is 1.88. The fourth-order valence-corrected chi connectivity index (χ4v) is 1.88. The summed E-state index contributed by atoms with van der Waals surface area (Å²) in [5.41, 5.74) is 0.371. The number of benzene rings is 1. The molecule has 1 aliphatic heterocycles. The Morgan fingerprint density at radius 3 is 3.00 bits per heavy atom. The van der Waals surface area contributed by atoms with Crippen molar-refractivity contribution in [2.75, 3.05) is 6.61 Å². The molecule has 0 aromatic heterocycles. The normalized spacial score (nSPS) is 15.1. The van der Waals surface area contributed by atoms with E-state index >= 15 is 0 Å². The maximum Gasteiger partial charge on any atom is 0.170 e. The smallest absolute Gasteiger partial charge is 0.170 e. The van der Waals surface area contributed by atoms with Crippen LogP contribution in [0.3, 0.4) is 0 Å². The minimum absolute atomic E-state index is 0.0429. The molecule has 1 aromatic rings. The fraction of sp³-hybridized carbons (Fsp3) is 0.222. The zero-order valence-electron chi connectivity index (χ0n) is 6.64. The number of fused-ring (bicyclic) bond motifs is 1. The molecule has 2 rings (SSSR count). The van der Waals surface area contributed by atoms with Gasteiger partial charge in [0.05, 0.1) is 12.2 Å². The van der Waals surface area contributed by atoms with E-state index in [1.807, 2.05) is 22.6 Å². The third-order valence-corrected chi connectivity index (χ3v) is 2.51. The summed E-state index contributed by atoms with van der Waals surface area (Å²) in [5.74, 6) is -0.384. The Balaban J connectivity index is 2.63. The van der Waals surface area contributed by atoms with E-state index in [2.05, 4.69) is 0 Å². The molecule has 0 aliphatic carbocycles. The molecule has 68 valence electrons. The minimum Gasteiger partial charge on any atom is -0.489 e. The standard InChI is InChI=1S/C9H6FIO2/c10-7-4-5(11)3-6-8(12)1-2-13-9(6)7/h3-4H,1-2H2. The number of halogens is 2. The molecule has 0 fully saturated rings. The van der Waals surface area contributed by atoms with Gasteiger partial charge in [-0.1, -0.05) is 0 Å². The van der Waals surface area contributed by atoms with Crippen LogP contribution in [0.15, 0.2) is 12.1 Å². The molecule has 1 aromatic carbocycles. The van der Waals surface area contributed by atoms with Crippen molar-refractivity contribution in [3.63, 3.8) is 0 Å². The van der Waals surface area contributed by atoms with E-state index in [1.165, 1.54) is 6.07 Å². The zero-order valence-corrected chi connectivity index (χ0v) is 8.80. The average Bonchev–Trinajstić information content (AvgIpc) is 2.07. The van der Waals surface area contributed by atoms with Crippen molar-refractivity contribution in [2.24, 2.45) is 0 Å². The monoisotopic (exact) mass is 292 g/mol. The summed E-state index contributed by atoms with van der Waals surface area (Å²) in [6.07, 6.45) is 0.340. The molecule has 0 radical (unpaired) electrons. The Bertz CT molecular complexity index is 376. The van der Waals surface area contributed by atoms with Gasteiger partial charge in [0.2, 0.25) is 0 Å². The molecule has 0 spiro atoms. The van der Waals surface area contributed by atoms with Gasteiger partial charge >= 0.3 is 0 Å². The van der Waals surface area contributed by atoms with E-state index in [4.69, 9.17) is 4.74 Å². The molecule has 1 heterocycles. The van der Waals surface area contributed by atoms with Gasteiger partial charge in [-0.3, -0.25) is 4.79 Å². The van der Waals surface area contributed by atoms with Crippen LogP contribution in [0.25, 0.3) is 0 Å².